The molecule has 1 atom stereocenters. The van der Waals surface area contributed by atoms with E-state index >= 15 is 0 Å². The molecule has 0 radical (unpaired) electrons. The van der Waals surface area contributed by atoms with Crippen molar-refractivity contribution in [3.8, 4) is 0 Å². The van der Waals surface area contributed by atoms with Crippen LogP contribution in [0, 0.1) is 0 Å². The van der Waals surface area contributed by atoms with Crippen LogP contribution in [-0.4, -0.2) is 33.9 Å². The number of hydrogen-bond acceptors (Lipinski definition) is 3. The molecule has 1 saturated heterocycles. The Kier molecular flexibility index (Phi) is 0.764. The lowest BCUT2D eigenvalue weighted by molar-refractivity contribution is 0.0447. The summed E-state index contributed by atoms with van der Waals surface area (Å²) in [5.41, 5.74) is -2.83. The highest BCUT2D eigenvalue weighted by atomic mass is 16.3. The van der Waals surface area contributed by atoms with Crippen molar-refractivity contribution in [2.24, 2.45) is 0 Å². The molecule has 1 unspecified atom stereocenters. The van der Waals surface area contributed by atoms with Crippen LogP contribution in [0.5, 0.6) is 0 Å². The van der Waals surface area contributed by atoms with Gasteiger partial charge < -0.3 is 10.0 Å². The summed E-state index contributed by atoms with van der Waals surface area (Å²) >= 11 is 0. The Morgan fingerprint density at radius 1 is 1.85 bits per heavy atom. The molecular weight excluding hydrogens is 166 g/mol. The molecule has 4 heteroatoms. The fourth-order valence-corrected chi connectivity index (χ4v) is 0.971. The number of nitrogens with zero attached hydrogens (tertiary/aromatic N) is 2. The number of rotatable bonds is 1. The summed E-state index contributed by atoms with van der Waals surface area (Å²) in [6, 6.07) is 1.21. The zero-order valence-corrected chi connectivity index (χ0v) is 7.00. The SMILES string of the molecule is [2H]C1([2H])N(c2cc[nH]n2)C([2H])([2H])C(C)(O)C([2H])([2H])C1([2H])[2H]. The summed E-state index contributed by atoms with van der Waals surface area (Å²) in [5.74, 6) is -0.273. The van der Waals surface area contributed by atoms with E-state index in [1.165, 1.54) is 12.3 Å². The van der Waals surface area contributed by atoms with Gasteiger partial charge in [0.1, 0.15) is 5.82 Å². The standard InChI is InChI=1S/C9H15N3O/c1-9(13)4-2-6-12(7-9)8-3-5-10-11-8/h3,5,13H,2,4,6-7H2,1H3,(H,10,11)/i2D2,4D2,6D2,7D2. The quantitative estimate of drug-likeness (QED) is 0.686. The highest BCUT2D eigenvalue weighted by Crippen LogP contribution is 2.23. The Labute approximate surface area is 88.8 Å². The zero-order valence-electron chi connectivity index (χ0n) is 15.0. The first-order chi connectivity index (χ1) is 9.23. The van der Waals surface area contributed by atoms with Crippen molar-refractivity contribution in [3.05, 3.63) is 12.3 Å². The number of nitrogens with one attached hydrogen (secondary N) is 1. The minimum absolute atomic E-state index is 0.273. The first-order valence-corrected chi connectivity index (χ1v) is 3.75. The van der Waals surface area contributed by atoms with Crippen LogP contribution in [-0.2, 0) is 0 Å². The molecule has 4 nitrogen and oxygen atoms in total. The molecular formula is C9H15N3O. The molecule has 0 saturated carbocycles. The van der Waals surface area contributed by atoms with Crippen molar-refractivity contribution in [2.75, 3.05) is 17.9 Å². The average molecular weight is 189 g/mol. The summed E-state index contributed by atoms with van der Waals surface area (Å²) in [6.07, 6.45) is -5.09. The van der Waals surface area contributed by atoms with E-state index in [0.29, 0.717) is 4.90 Å². The molecule has 13 heavy (non-hydrogen) atoms. The van der Waals surface area contributed by atoms with Crippen LogP contribution in [0.4, 0.5) is 5.82 Å². The van der Waals surface area contributed by atoms with Gasteiger partial charge in [-0.3, -0.25) is 5.10 Å². The lowest BCUT2D eigenvalue weighted by Gasteiger charge is -2.36. The fraction of sp³-hybridized carbons (Fsp3) is 0.667. The van der Waals surface area contributed by atoms with E-state index in [4.69, 9.17) is 11.0 Å². The summed E-state index contributed by atoms with van der Waals surface area (Å²) in [6.45, 7) is -5.22. The van der Waals surface area contributed by atoms with Gasteiger partial charge >= 0.3 is 0 Å². The van der Waals surface area contributed by atoms with Gasteiger partial charge in [-0.2, -0.15) is 5.10 Å². The molecule has 1 aliphatic heterocycles. The maximum absolute atomic E-state index is 10.3. The highest BCUT2D eigenvalue weighted by Gasteiger charge is 2.28. The minimum atomic E-state index is -3.20. The monoisotopic (exact) mass is 189 g/mol. The third-order valence-electron chi connectivity index (χ3n) is 1.52. The van der Waals surface area contributed by atoms with Gasteiger partial charge in [0.15, 0.2) is 0 Å². The van der Waals surface area contributed by atoms with Crippen molar-refractivity contribution in [2.45, 2.75) is 25.3 Å². The van der Waals surface area contributed by atoms with Crippen LogP contribution in [0.25, 0.3) is 0 Å². The molecule has 1 aromatic heterocycles. The summed E-state index contributed by atoms with van der Waals surface area (Å²) in [7, 11) is 0. The second-order valence-electron chi connectivity index (χ2n) is 2.81. The fourth-order valence-electron chi connectivity index (χ4n) is 0.971. The molecule has 0 amide bonds. The van der Waals surface area contributed by atoms with Crippen LogP contribution in [0.3, 0.4) is 0 Å². The second-order valence-corrected chi connectivity index (χ2v) is 2.81. The first kappa shape index (κ1) is 3.28. The van der Waals surface area contributed by atoms with Crippen molar-refractivity contribution in [1.29, 1.82) is 0 Å². The molecule has 0 bridgehead atoms. The van der Waals surface area contributed by atoms with Crippen LogP contribution < -0.4 is 4.90 Å². The molecule has 72 valence electrons. The van der Waals surface area contributed by atoms with Crippen molar-refractivity contribution in [1.82, 2.24) is 10.2 Å². The lowest BCUT2D eigenvalue weighted by atomic mass is 9.95. The molecule has 2 rings (SSSR count). The summed E-state index contributed by atoms with van der Waals surface area (Å²) in [4.78, 5) is 0.331. The van der Waals surface area contributed by atoms with Gasteiger partial charge in [-0.1, -0.05) is 0 Å². The molecule has 1 aromatic rings. The predicted octanol–water partition coefficient (Wildman–Crippen LogP) is 0.761. The van der Waals surface area contributed by atoms with Gasteiger partial charge in [-0.25, -0.2) is 0 Å². The van der Waals surface area contributed by atoms with Crippen molar-refractivity contribution >= 4 is 5.82 Å². The van der Waals surface area contributed by atoms with E-state index in [-0.39, 0.29) is 5.82 Å². The second kappa shape index (κ2) is 3.03. The molecule has 0 aromatic carbocycles. The van der Waals surface area contributed by atoms with E-state index < -0.39 is 31.3 Å². The minimum Gasteiger partial charge on any atom is -0.388 e. The Balaban J connectivity index is 2.77. The Hall–Kier alpha value is -1.03. The number of aromatic amines is 1. The number of piperidine rings is 1. The van der Waals surface area contributed by atoms with Crippen LogP contribution in [0.1, 0.15) is 30.6 Å². The maximum Gasteiger partial charge on any atom is 0.150 e. The third-order valence-corrected chi connectivity index (χ3v) is 1.52. The number of aliphatic hydroxyl groups is 1. The normalized spacial score (nSPS) is 53.8. The van der Waals surface area contributed by atoms with Crippen LogP contribution >= 0.6 is 0 Å². The van der Waals surface area contributed by atoms with E-state index in [9.17, 15) is 5.11 Å². The van der Waals surface area contributed by atoms with Gasteiger partial charge in [-0.15, -0.1) is 0 Å². The van der Waals surface area contributed by atoms with E-state index in [1.54, 1.807) is 0 Å². The summed E-state index contributed by atoms with van der Waals surface area (Å²) < 4.78 is 63.0. The molecule has 2 heterocycles. The first-order valence-electron chi connectivity index (χ1n) is 7.75. The third kappa shape index (κ3) is 1.83. The largest absolute Gasteiger partial charge is 0.388 e. The summed E-state index contributed by atoms with van der Waals surface area (Å²) in [5, 5.41) is 16.3. The van der Waals surface area contributed by atoms with Gasteiger partial charge in [0.2, 0.25) is 0 Å². The number of hydrogen-bond donors (Lipinski definition) is 2. The van der Waals surface area contributed by atoms with Crippen molar-refractivity contribution in [3.63, 3.8) is 0 Å². The molecule has 0 aliphatic carbocycles. The van der Waals surface area contributed by atoms with E-state index in [1.807, 2.05) is 0 Å². The lowest BCUT2D eigenvalue weighted by Crippen LogP contribution is -2.46. The Bertz CT molecular complexity index is 511. The molecule has 1 aliphatic rings. The highest BCUT2D eigenvalue weighted by molar-refractivity contribution is 5.37. The van der Waals surface area contributed by atoms with Gasteiger partial charge in [0.25, 0.3) is 0 Å². The van der Waals surface area contributed by atoms with Gasteiger partial charge in [-0.05, 0) is 19.7 Å². The van der Waals surface area contributed by atoms with E-state index in [2.05, 4.69) is 10.2 Å². The molecule has 0 spiro atoms. The average Bonchev–Trinajstić information content (AvgIpc) is 2.79. The number of aromatic nitrogens is 2. The molecule has 2 N–H and O–H groups in total. The zero-order chi connectivity index (χ0) is 16.5. The van der Waals surface area contributed by atoms with Crippen molar-refractivity contribution < 1.29 is 16.1 Å². The Morgan fingerprint density at radius 2 is 2.69 bits per heavy atom. The van der Waals surface area contributed by atoms with Crippen LogP contribution in [0.2, 0.25) is 0 Å². The number of β-amino-alcohol motifs (C(OH)–C–C–N with tert-alkyl or cyclic N) is 1. The number of H-pyrrole nitrogens is 1. The number of anilines is 1. The van der Waals surface area contributed by atoms with Gasteiger partial charge in [0.05, 0.1) is 8.34 Å². The van der Waals surface area contributed by atoms with Crippen LogP contribution in [0.15, 0.2) is 12.3 Å². The maximum atomic E-state index is 10.3. The smallest absolute Gasteiger partial charge is 0.150 e. The molecule has 1 fully saturated rings. The van der Waals surface area contributed by atoms with Gasteiger partial charge in [0, 0.05) is 33.5 Å². The predicted molar refractivity (Wildman–Crippen MR) is 50.7 cm³/mol. The topological polar surface area (TPSA) is 52.2 Å². The Morgan fingerprint density at radius 3 is 3.38 bits per heavy atom. The van der Waals surface area contributed by atoms with E-state index in [0.717, 1.165) is 6.92 Å².